The highest BCUT2D eigenvalue weighted by molar-refractivity contribution is 7.92. The zero-order valence-electron chi connectivity index (χ0n) is 12.9. The highest BCUT2D eigenvalue weighted by atomic mass is 35.5. The second-order valence-corrected chi connectivity index (χ2v) is 8.00. The largest absolute Gasteiger partial charge is 0.298 e. The Bertz CT molecular complexity index is 1060. The number of thiazole rings is 1. The molecule has 1 amide bonds. The van der Waals surface area contributed by atoms with Crippen LogP contribution in [0.1, 0.15) is 10.4 Å². The number of nitrogens with one attached hydrogen (secondary N) is 2. The normalized spacial score (nSPS) is 11.2. The second-order valence-electron chi connectivity index (χ2n) is 5.02. The molecule has 0 unspecified atom stereocenters. The number of carbonyl (C=O) groups is 1. The van der Waals surface area contributed by atoms with Crippen LogP contribution in [0.3, 0.4) is 0 Å². The van der Waals surface area contributed by atoms with Gasteiger partial charge in [-0.05, 0) is 30.3 Å². The number of hydrogen-bond donors (Lipinski definition) is 2. The van der Waals surface area contributed by atoms with Crippen LogP contribution in [0.15, 0.2) is 58.9 Å². The number of hydrogen-bond acceptors (Lipinski definition) is 5. The van der Waals surface area contributed by atoms with E-state index in [1.165, 1.54) is 47.9 Å². The number of aromatic nitrogens is 1. The minimum absolute atomic E-state index is 0.0433. The van der Waals surface area contributed by atoms with E-state index in [4.69, 9.17) is 11.6 Å². The molecular formula is C16H11ClFN3O3S2. The number of amides is 1. The van der Waals surface area contributed by atoms with Crippen LogP contribution in [-0.2, 0) is 10.0 Å². The fourth-order valence-corrected chi connectivity index (χ4v) is 3.86. The molecule has 10 heteroatoms. The summed E-state index contributed by atoms with van der Waals surface area (Å²) in [7, 11) is -4.11. The van der Waals surface area contributed by atoms with Crippen LogP contribution in [0.25, 0.3) is 0 Å². The molecule has 134 valence electrons. The number of anilines is 2. The van der Waals surface area contributed by atoms with Crippen molar-refractivity contribution in [3.8, 4) is 0 Å². The fraction of sp³-hybridized carbons (Fsp3) is 0. The standard InChI is InChI=1S/C16H11ClFN3O3S2/c17-12-6-5-10(9-11(12)15(22)20-16-19-7-8-25-16)26(23,24)21-14-4-2-1-3-13(14)18/h1-9,21H,(H,19,20,22). The van der Waals surface area contributed by atoms with Gasteiger partial charge in [0.15, 0.2) is 5.13 Å². The average molecular weight is 412 g/mol. The van der Waals surface area contributed by atoms with Gasteiger partial charge in [0.05, 0.1) is 21.2 Å². The zero-order chi connectivity index (χ0) is 18.7. The molecule has 3 aromatic rings. The molecule has 0 aliphatic carbocycles. The smallest absolute Gasteiger partial charge is 0.262 e. The number of benzene rings is 2. The number of halogens is 2. The maximum atomic E-state index is 13.7. The molecule has 0 radical (unpaired) electrons. The van der Waals surface area contributed by atoms with Gasteiger partial charge in [-0.1, -0.05) is 23.7 Å². The van der Waals surface area contributed by atoms with Gasteiger partial charge in [0.1, 0.15) is 5.82 Å². The molecule has 0 aliphatic rings. The van der Waals surface area contributed by atoms with Crippen LogP contribution >= 0.6 is 22.9 Å². The molecule has 2 aromatic carbocycles. The van der Waals surface area contributed by atoms with Crippen LogP contribution in [-0.4, -0.2) is 19.3 Å². The lowest BCUT2D eigenvalue weighted by Crippen LogP contribution is -2.17. The monoisotopic (exact) mass is 411 g/mol. The lowest BCUT2D eigenvalue weighted by Gasteiger charge is -2.11. The van der Waals surface area contributed by atoms with Gasteiger partial charge in [-0.15, -0.1) is 11.3 Å². The number of nitrogens with zero attached hydrogens (tertiary/aromatic N) is 1. The van der Waals surface area contributed by atoms with E-state index in [9.17, 15) is 17.6 Å². The molecule has 6 nitrogen and oxygen atoms in total. The maximum absolute atomic E-state index is 13.7. The summed E-state index contributed by atoms with van der Waals surface area (Å²) >= 11 is 7.22. The van der Waals surface area contributed by atoms with Crippen LogP contribution in [0.5, 0.6) is 0 Å². The summed E-state index contributed by atoms with van der Waals surface area (Å²) in [6, 6.07) is 8.99. The van der Waals surface area contributed by atoms with Crippen molar-refractivity contribution < 1.29 is 17.6 Å². The van der Waals surface area contributed by atoms with Crippen LogP contribution < -0.4 is 10.0 Å². The van der Waals surface area contributed by atoms with E-state index in [-0.39, 0.29) is 21.2 Å². The van der Waals surface area contributed by atoms with Gasteiger partial charge < -0.3 is 0 Å². The first-order chi connectivity index (χ1) is 12.4. The summed E-state index contributed by atoms with van der Waals surface area (Å²) < 4.78 is 40.8. The van der Waals surface area contributed by atoms with Crippen molar-refractivity contribution >= 4 is 49.7 Å². The molecule has 0 bridgehead atoms. The van der Waals surface area contributed by atoms with Crippen LogP contribution in [0.4, 0.5) is 15.2 Å². The van der Waals surface area contributed by atoms with Gasteiger partial charge >= 0.3 is 0 Å². The topological polar surface area (TPSA) is 88.2 Å². The third kappa shape index (κ3) is 4.01. The second kappa shape index (κ2) is 7.40. The number of sulfonamides is 1. The number of carbonyl (C=O) groups excluding carboxylic acids is 1. The lowest BCUT2D eigenvalue weighted by molar-refractivity contribution is 0.102. The molecule has 26 heavy (non-hydrogen) atoms. The van der Waals surface area contributed by atoms with Crippen molar-refractivity contribution in [2.45, 2.75) is 4.90 Å². The summed E-state index contributed by atoms with van der Waals surface area (Å²) in [4.78, 5) is 16.0. The van der Waals surface area contributed by atoms with E-state index >= 15 is 0 Å². The van der Waals surface area contributed by atoms with E-state index in [0.717, 1.165) is 12.1 Å². The average Bonchev–Trinajstić information content (AvgIpc) is 3.10. The van der Waals surface area contributed by atoms with E-state index in [2.05, 4.69) is 15.0 Å². The Morgan fingerprint density at radius 2 is 1.96 bits per heavy atom. The van der Waals surface area contributed by atoms with Crippen LogP contribution in [0.2, 0.25) is 5.02 Å². The predicted molar refractivity (Wildman–Crippen MR) is 98.7 cm³/mol. The van der Waals surface area contributed by atoms with E-state index in [0.29, 0.717) is 5.13 Å². The minimum Gasteiger partial charge on any atom is -0.298 e. The zero-order valence-corrected chi connectivity index (χ0v) is 15.3. The van der Waals surface area contributed by atoms with Gasteiger partial charge in [0, 0.05) is 11.6 Å². The molecule has 2 N–H and O–H groups in total. The van der Waals surface area contributed by atoms with E-state index in [1.807, 2.05) is 0 Å². The third-order valence-corrected chi connectivity index (χ3v) is 5.65. The first kappa shape index (κ1) is 18.3. The third-order valence-electron chi connectivity index (χ3n) is 3.26. The Kier molecular flexibility index (Phi) is 5.21. The van der Waals surface area contributed by atoms with Gasteiger partial charge in [-0.3, -0.25) is 14.8 Å². The summed E-state index contributed by atoms with van der Waals surface area (Å²) in [5.74, 6) is -1.32. The predicted octanol–water partition coefficient (Wildman–Crippen LogP) is 3.99. The molecule has 0 aliphatic heterocycles. The SMILES string of the molecule is O=C(Nc1nccs1)c1cc(S(=O)(=O)Nc2ccccc2F)ccc1Cl. The first-order valence-electron chi connectivity index (χ1n) is 7.14. The summed E-state index contributed by atoms with van der Waals surface area (Å²) in [5, 5.41) is 4.63. The summed E-state index contributed by atoms with van der Waals surface area (Å²) in [6.07, 6.45) is 1.51. The molecule has 0 atom stereocenters. The molecule has 0 saturated carbocycles. The molecule has 3 rings (SSSR count). The Morgan fingerprint density at radius 3 is 2.65 bits per heavy atom. The van der Waals surface area contributed by atoms with Gasteiger partial charge in [-0.25, -0.2) is 17.8 Å². The Balaban J connectivity index is 1.91. The Hall–Kier alpha value is -2.49. The molecule has 0 fully saturated rings. The molecule has 0 spiro atoms. The van der Waals surface area contributed by atoms with Crippen molar-refractivity contribution in [2.75, 3.05) is 10.0 Å². The Morgan fingerprint density at radius 1 is 1.19 bits per heavy atom. The van der Waals surface area contributed by atoms with Crippen molar-refractivity contribution in [2.24, 2.45) is 0 Å². The van der Waals surface area contributed by atoms with E-state index < -0.39 is 21.7 Å². The molecule has 0 saturated heterocycles. The molecular weight excluding hydrogens is 401 g/mol. The number of para-hydroxylation sites is 1. The van der Waals surface area contributed by atoms with E-state index in [1.54, 1.807) is 5.38 Å². The van der Waals surface area contributed by atoms with Gasteiger partial charge in [0.25, 0.3) is 15.9 Å². The maximum Gasteiger partial charge on any atom is 0.262 e. The van der Waals surface area contributed by atoms with Crippen molar-refractivity contribution in [3.05, 3.63) is 70.4 Å². The van der Waals surface area contributed by atoms with Gasteiger partial charge in [0.2, 0.25) is 0 Å². The first-order valence-corrected chi connectivity index (χ1v) is 9.88. The Labute approximate surface area is 157 Å². The van der Waals surface area contributed by atoms with Crippen molar-refractivity contribution in [3.63, 3.8) is 0 Å². The highest BCUT2D eigenvalue weighted by Gasteiger charge is 2.20. The highest BCUT2D eigenvalue weighted by Crippen LogP contribution is 2.24. The number of rotatable bonds is 5. The lowest BCUT2D eigenvalue weighted by atomic mass is 10.2. The minimum atomic E-state index is -4.11. The molecule has 1 heterocycles. The van der Waals surface area contributed by atoms with Crippen molar-refractivity contribution in [1.29, 1.82) is 0 Å². The van der Waals surface area contributed by atoms with Gasteiger partial charge in [-0.2, -0.15) is 0 Å². The summed E-state index contributed by atoms with van der Waals surface area (Å²) in [6.45, 7) is 0. The fourth-order valence-electron chi connectivity index (χ4n) is 2.04. The molecule has 1 aromatic heterocycles. The van der Waals surface area contributed by atoms with Crippen molar-refractivity contribution in [1.82, 2.24) is 4.98 Å². The summed E-state index contributed by atoms with van der Waals surface area (Å²) in [5.41, 5.74) is -0.241. The van der Waals surface area contributed by atoms with Crippen LogP contribution in [0, 0.1) is 5.82 Å². The quantitative estimate of drug-likeness (QED) is 0.664.